The van der Waals surface area contributed by atoms with Gasteiger partial charge in [0.15, 0.2) is 0 Å². The van der Waals surface area contributed by atoms with E-state index in [0.29, 0.717) is 19.7 Å². The summed E-state index contributed by atoms with van der Waals surface area (Å²) in [5, 5.41) is 13.5. The van der Waals surface area contributed by atoms with E-state index in [2.05, 4.69) is 10.3 Å². The third-order valence-corrected chi connectivity index (χ3v) is 4.21. The second-order valence-electron chi connectivity index (χ2n) is 6.35. The molecule has 0 saturated carbocycles. The molecule has 1 aromatic heterocycles. The second kappa shape index (κ2) is 9.13. The molecule has 0 amide bonds. The first-order valence-electron chi connectivity index (χ1n) is 8.77. The Morgan fingerprint density at radius 1 is 0.923 bits per heavy atom. The number of ether oxygens (including phenoxy) is 1. The number of aromatic nitrogens is 1. The highest BCUT2D eigenvalue weighted by Crippen LogP contribution is 2.15. The number of hydrogen-bond acceptors (Lipinski definition) is 4. The minimum atomic E-state index is -0.501. The Kier molecular flexibility index (Phi) is 6.36. The molecule has 1 atom stereocenters. The summed E-state index contributed by atoms with van der Waals surface area (Å²) in [6.45, 7) is 3.79. The summed E-state index contributed by atoms with van der Waals surface area (Å²) in [5.74, 6) is 0.838. The molecule has 26 heavy (non-hydrogen) atoms. The van der Waals surface area contributed by atoms with Gasteiger partial charge >= 0.3 is 0 Å². The van der Waals surface area contributed by atoms with Crippen LogP contribution in [0.3, 0.4) is 0 Å². The fraction of sp³-hybridized carbons (Fsp3) is 0.227. The van der Waals surface area contributed by atoms with Crippen molar-refractivity contribution in [2.45, 2.75) is 26.2 Å². The molecule has 2 aromatic carbocycles. The van der Waals surface area contributed by atoms with Crippen LogP contribution in [0.2, 0.25) is 0 Å². The first-order valence-corrected chi connectivity index (χ1v) is 8.77. The number of aryl methyl sites for hydroxylation is 1. The van der Waals surface area contributed by atoms with Crippen LogP contribution in [0.5, 0.6) is 5.75 Å². The molecule has 0 spiro atoms. The number of rotatable bonds is 8. The van der Waals surface area contributed by atoms with Crippen molar-refractivity contribution in [1.29, 1.82) is 0 Å². The van der Waals surface area contributed by atoms with Gasteiger partial charge in [-0.1, -0.05) is 42.0 Å². The van der Waals surface area contributed by atoms with Gasteiger partial charge in [-0.3, -0.25) is 4.98 Å². The Hall–Kier alpha value is -2.69. The lowest BCUT2D eigenvalue weighted by Crippen LogP contribution is -2.21. The van der Waals surface area contributed by atoms with Crippen molar-refractivity contribution >= 4 is 0 Å². The molecule has 2 N–H and O–H groups in total. The van der Waals surface area contributed by atoms with Gasteiger partial charge < -0.3 is 15.2 Å². The van der Waals surface area contributed by atoms with E-state index in [9.17, 15) is 5.11 Å². The van der Waals surface area contributed by atoms with Crippen LogP contribution in [0.1, 0.15) is 28.4 Å². The molecule has 1 heterocycles. The molecule has 4 heteroatoms. The summed E-state index contributed by atoms with van der Waals surface area (Å²) >= 11 is 0. The highest BCUT2D eigenvalue weighted by atomic mass is 16.5. The lowest BCUT2D eigenvalue weighted by atomic mass is 10.1. The molecule has 0 fully saturated rings. The Labute approximate surface area is 154 Å². The van der Waals surface area contributed by atoms with Crippen LogP contribution in [0.4, 0.5) is 0 Å². The molecule has 0 bridgehead atoms. The predicted octanol–water partition coefficient (Wildman–Crippen LogP) is 3.79. The second-order valence-corrected chi connectivity index (χ2v) is 6.35. The molecule has 3 rings (SSSR count). The summed E-state index contributed by atoms with van der Waals surface area (Å²) in [4.78, 5) is 4.00. The van der Waals surface area contributed by atoms with Crippen molar-refractivity contribution in [2.75, 3.05) is 6.54 Å². The van der Waals surface area contributed by atoms with Crippen molar-refractivity contribution in [3.05, 3.63) is 95.3 Å². The summed E-state index contributed by atoms with van der Waals surface area (Å²) in [6, 6.07) is 19.9. The third-order valence-electron chi connectivity index (χ3n) is 4.21. The topological polar surface area (TPSA) is 54.4 Å². The smallest absolute Gasteiger partial charge is 0.119 e. The lowest BCUT2D eigenvalue weighted by molar-refractivity contribution is 0.174. The largest absolute Gasteiger partial charge is 0.489 e. The zero-order valence-corrected chi connectivity index (χ0v) is 14.9. The van der Waals surface area contributed by atoms with Gasteiger partial charge in [0.2, 0.25) is 0 Å². The van der Waals surface area contributed by atoms with Crippen LogP contribution in [0, 0.1) is 6.92 Å². The molecule has 4 nitrogen and oxygen atoms in total. The van der Waals surface area contributed by atoms with E-state index in [4.69, 9.17) is 4.74 Å². The zero-order chi connectivity index (χ0) is 18.2. The van der Waals surface area contributed by atoms with Crippen molar-refractivity contribution in [2.24, 2.45) is 0 Å². The summed E-state index contributed by atoms with van der Waals surface area (Å²) in [7, 11) is 0. The van der Waals surface area contributed by atoms with Gasteiger partial charge in [0.1, 0.15) is 12.4 Å². The SMILES string of the molecule is Cc1ccc(C(O)CNCc2ccc(OCc3ccncc3)cc2)cc1. The maximum absolute atomic E-state index is 10.2. The van der Waals surface area contributed by atoms with Crippen molar-refractivity contribution < 1.29 is 9.84 Å². The Bertz CT molecular complexity index is 787. The van der Waals surface area contributed by atoms with E-state index in [0.717, 1.165) is 22.4 Å². The minimum Gasteiger partial charge on any atom is -0.489 e. The van der Waals surface area contributed by atoms with Gasteiger partial charge in [0.05, 0.1) is 6.10 Å². The average Bonchev–Trinajstić information content (AvgIpc) is 2.68. The van der Waals surface area contributed by atoms with E-state index in [1.165, 1.54) is 5.56 Å². The number of hydrogen-bond donors (Lipinski definition) is 2. The molecule has 134 valence electrons. The van der Waals surface area contributed by atoms with E-state index in [-0.39, 0.29) is 0 Å². The van der Waals surface area contributed by atoms with Crippen molar-refractivity contribution in [3.63, 3.8) is 0 Å². The highest BCUT2D eigenvalue weighted by molar-refractivity contribution is 5.28. The van der Waals surface area contributed by atoms with Crippen LogP contribution < -0.4 is 10.1 Å². The molecule has 0 saturated heterocycles. The minimum absolute atomic E-state index is 0.501. The van der Waals surface area contributed by atoms with Gasteiger partial charge in [-0.05, 0) is 47.9 Å². The van der Waals surface area contributed by atoms with Gasteiger partial charge in [0, 0.05) is 25.5 Å². The average molecular weight is 348 g/mol. The fourth-order valence-corrected chi connectivity index (χ4v) is 2.61. The molecular weight excluding hydrogens is 324 g/mol. The molecule has 3 aromatic rings. The highest BCUT2D eigenvalue weighted by Gasteiger charge is 2.06. The number of aliphatic hydroxyl groups excluding tert-OH is 1. The van der Waals surface area contributed by atoms with E-state index in [1.807, 2.05) is 67.6 Å². The van der Waals surface area contributed by atoms with Gasteiger partial charge in [-0.25, -0.2) is 0 Å². The van der Waals surface area contributed by atoms with E-state index in [1.54, 1.807) is 12.4 Å². The first-order chi connectivity index (χ1) is 12.7. The monoisotopic (exact) mass is 348 g/mol. The van der Waals surface area contributed by atoms with Crippen LogP contribution in [0.15, 0.2) is 73.1 Å². The van der Waals surface area contributed by atoms with Crippen LogP contribution in [0.25, 0.3) is 0 Å². The van der Waals surface area contributed by atoms with Crippen LogP contribution in [-0.4, -0.2) is 16.6 Å². The zero-order valence-electron chi connectivity index (χ0n) is 14.9. The Balaban J connectivity index is 1.43. The molecule has 1 unspecified atom stereocenters. The van der Waals surface area contributed by atoms with Gasteiger partial charge in [-0.2, -0.15) is 0 Å². The van der Waals surface area contributed by atoms with Crippen molar-refractivity contribution in [3.8, 4) is 5.75 Å². The quantitative estimate of drug-likeness (QED) is 0.650. The predicted molar refractivity (Wildman–Crippen MR) is 103 cm³/mol. The van der Waals surface area contributed by atoms with Crippen molar-refractivity contribution in [1.82, 2.24) is 10.3 Å². The number of nitrogens with zero attached hydrogens (tertiary/aromatic N) is 1. The Morgan fingerprint density at radius 3 is 2.31 bits per heavy atom. The Morgan fingerprint density at radius 2 is 1.62 bits per heavy atom. The fourth-order valence-electron chi connectivity index (χ4n) is 2.61. The molecule has 0 aliphatic carbocycles. The summed E-state index contributed by atoms with van der Waals surface area (Å²) in [5.41, 5.74) is 4.37. The number of nitrogens with one attached hydrogen (secondary N) is 1. The van der Waals surface area contributed by atoms with Gasteiger partial charge in [0.25, 0.3) is 0 Å². The van der Waals surface area contributed by atoms with E-state index < -0.39 is 6.10 Å². The van der Waals surface area contributed by atoms with Crippen LogP contribution >= 0.6 is 0 Å². The van der Waals surface area contributed by atoms with Crippen LogP contribution in [-0.2, 0) is 13.2 Å². The number of aliphatic hydroxyl groups is 1. The molecule has 0 aliphatic heterocycles. The normalized spacial score (nSPS) is 11.9. The first kappa shape index (κ1) is 18.1. The third kappa shape index (κ3) is 5.41. The number of pyridine rings is 1. The van der Waals surface area contributed by atoms with Gasteiger partial charge in [-0.15, -0.1) is 0 Å². The van der Waals surface area contributed by atoms with E-state index >= 15 is 0 Å². The lowest BCUT2D eigenvalue weighted by Gasteiger charge is -2.13. The maximum Gasteiger partial charge on any atom is 0.119 e. The molecule has 0 aliphatic rings. The summed E-state index contributed by atoms with van der Waals surface area (Å²) < 4.78 is 5.77. The number of benzene rings is 2. The standard InChI is InChI=1S/C22H24N2O2/c1-17-2-6-20(7-3-17)22(25)15-24-14-18-4-8-21(9-5-18)26-16-19-10-12-23-13-11-19/h2-13,22,24-25H,14-16H2,1H3. The molecular formula is C22H24N2O2. The summed E-state index contributed by atoms with van der Waals surface area (Å²) in [6.07, 6.45) is 3.02. The molecule has 0 radical (unpaired) electrons. The maximum atomic E-state index is 10.2.